The summed E-state index contributed by atoms with van der Waals surface area (Å²) in [7, 11) is 0. The standard InChI is InChI=1S/C28H29ClF2O2/c1-2-3-4-21-17-32-27(33-18-21)14-8-19-6-12-24-23(15-19)11-10-22(28(24)31)9-5-20-7-13-25(29)26(30)16-20/h2,6-7,10-13,15-16,21,27H,1,3-5,8-9,14,17-18H2. The molecular weight excluding hydrogens is 442 g/mol. The molecule has 1 aliphatic heterocycles. The third kappa shape index (κ3) is 6.20. The second-order valence-electron chi connectivity index (χ2n) is 8.71. The van der Waals surface area contributed by atoms with Gasteiger partial charge < -0.3 is 9.47 Å². The first-order chi connectivity index (χ1) is 16.0. The van der Waals surface area contributed by atoms with Crippen molar-refractivity contribution >= 4 is 22.4 Å². The molecule has 0 N–H and O–H groups in total. The number of fused-ring (bicyclic) bond motifs is 1. The van der Waals surface area contributed by atoms with Gasteiger partial charge in [0.2, 0.25) is 0 Å². The normalized spacial score (nSPS) is 18.5. The number of allylic oxidation sites excluding steroid dienone is 1. The minimum absolute atomic E-state index is 0.0979. The molecule has 1 saturated heterocycles. The molecule has 3 aromatic carbocycles. The minimum Gasteiger partial charge on any atom is -0.352 e. The molecule has 1 heterocycles. The van der Waals surface area contributed by atoms with Crippen LogP contribution in [-0.4, -0.2) is 19.5 Å². The number of hydrogen-bond donors (Lipinski definition) is 0. The molecule has 33 heavy (non-hydrogen) atoms. The largest absolute Gasteiger partial charge is 0.352 e. The predicted octanol–water partition coefficient (Wildman–Crippen LogP) is 7.44. The Bertz CT molecular complexity index is 1110. The topological polar surface area (TPSA) is 18.5 Å². The van der Waals surface area contributed by atoms with Crippen molar-refractivity contribution in [2.24, 2.45) is 5.92 Å². The van der Waals surface area contributed by atoms with E-state index in [4.69, 9.17) is 21.1 Å². The molecule has 0 bridgehead atoms. The molecule has 2 nitrogen and oxygen atoms in total. The maximum absolute atomic E-state index is 15.1. The zero-order valence-corrected chi connectivity index (χ0v) is 19.4. The lowest BCUT2D eigenvalue weighted by molar-refractivity contribution is -0.203. The first kappa shape index (κ1) is 23.9. The van der Waals surface area contributed by atoms with Crippen LogP contribution < -0.4 is 0 Å². The van der Waals surface area contributed by atoms with Gasteiger partial charge >= 0.3 is 0 Å². The number of benzene rings is 3. The first-order valence-corrected chi connectivity index (χ1v) is 11.9. The average Bonchev–Trinajstić information content (AvgIpc) is 2.83. The molecule has 0 amide bonds. The minimum atomic E-state index is -0.447. The van der Waals surface area contributed by atoms with E-state index >= 15 is 4.39 Å². The van der Waals surface area contributed by atoms with Crippen molar-refractivity contribution in [3.63, 3.8) is 0 Å². The Kier molecular flexibility index (Phi) is 8.13. The zero-order chi connectivity index (χ0) is 23.2. The van der Waals surface area contributed by atoms with E-state index in [1.54, 1.807) is 6.07 Å². The van der Waals surface area contributed by atoms with Crippen LogP contribution in [-0.2, 0) is 28.7 Å². The van der Waals surface area contributed by atoms with Crippen molar-refractivity contribution < 1.29 is 18.3 Å². The lowest BCUT2D eigenvalue weighted by atomic mass is 9.98. The summed E-state index contributed by atoms with van der Waals surface area (Å²) < 4.78 is 40.5. The van der Waals surface area contributed by atoms with E-state index in [1.807, 2.05) is 36.4 Å². The van der Waals surface area contributed by atoms with E-state index in [0.29, 0.717) is 29.7 Å². The summed E-state index contributed by atoms with van der Waals surface area (Å²) in [5.41, 5.74) is 2.55. The summed E-state index contributed by atoms with van der Waals surface area (Å²) in [4.78, 5) is 0. The van der Waals surface area contributed by atoms with Crippen molar-refractivity contribution in [3.8, 4) is 0 Å². The lowest BCUT2D eigenvalue weighted by Crippen LogP contribution is -2.32. The van der Waals surface area contributed by atoms with Gasteiger partial charge in [0.25, 0.3) is 0 Å². The number of aryl methyl sites for hydroxylation is 3. The SMILES string of the molecule is C=CCCC1COC(CCc2ccc3c(F)c(CCc4ccc(Cl)c(F)c4)ccc3c2)OC1. The lowest BCUT2D eigenvalue weighted by Gasteiger charge is -2.29. The highest BCUT2D eigenvalue weighted by Gasteiger charge is 2.21. The number of halogens is 3. The molecule has 0 unspecified atom stereocenters. The number of ether oxygens (including phenoxy) is 2. The summed E-state index contributed by atoms with van der Waals surface area (Å²) in [5, 5.41) is 1.58. The van der Waals surface area contributed by atoms with Crippen molar-refractivity contribution in [1.29, 1.82) is 0 Å². The second kappa shape index (κ2) is 11.2. The van der Waals surface area contributed by atoms with Crippen LogP contribution in [0.5, 0.6) is 0 Å². The monoisotopic (exact) mass is 470 g/mol. The van der Waals surface area contributed by atoms with Crippen molar-refractivity contribution in [1.82, 2.24) is 0 Å². The molecule has 0 spiro atoms. The smallest absolute Gasteiger partial charge is 0.157 e. The van der Waals surface area contributed by atoms with Gasteiger partial charge in [-0.25, -0.2) is 8.78 Å². The van der Waals surface area contributed by atoms with Crippen LogP contribution >= 0.6 is 11.6 Å². The van der Waals surface area contributed by atoms with Crippen LogP contribution in [0.2, 0.25) is 5.02 Å². The van der Waals surface area contributed by atoms with E-state index in [0.717, 1.165) is 55.4 Å². The van der Waals surface area contributed by atoms with Gasteiger partial charge in [-0.15, -0.1) is 6.58 Å². The highest BCUT2D eigenvalue weighted by atomic mass is 35.5. The van der Waals surface area contributed by atoms with Gasteiger partial charge in [0.15, 0.2) is 6.29 Å². The van der Waals surface area contributed by atoms with E-state index < -0.39 is 5.82 Å². The van der Waals surface area contributed by atoms with Crippen LogP contribution in [0.15, 0.2) is 61.2 Å². The van der Waals surface area contributed by atoms with Crippen LogP contribution in [0.3, 0.4) is 0 Å². The first-order valence-electron chi connectivity index (χ1n) is 11.5. The van der Waals surface area contributed by atoms with Gasteiger partial charge in [-0.05, 0) is 66.3 Å². The quantitative estimate of drug-likeness (QED) is 0.302. The fourth-order valence-corrected chi connectivity index (χ4v) is 4.38. The Morgan fingerprint density at radius 1 is 0.909 bits per heavy atom. The van der Waals surface area contributed by atoms with Crippen LogP contribution in [0.1, 0.15) is 36.0 Å². The van der Waals surface area contributed by atoms with Gasteiger partial charge in [-0.1, -0.05) is 54.1 Å². The molecule has 0 atom stereocenters. The van der Waals surface area contributed by atoms with Crippen molar-refractivity contribution in [2.45, 2.75) is 44.8 Å². The molecule has 5 heteroatoms. The van der Waals surface area contributed by atoms with E-state index in [9.17, 15) is 4.39 Å². The number of rotatable bonds is 9. The Morgan fingerprint density at radius 2 is 1.67 bits per heavy atom. The van der Waals surface area contributed by atoms with Crippen LogP contribution in [0.25, 0.3) is 10.8 Å². The summed E-state index contributed by atoms with van der Waals surface area (Å²) in [6, 6.07) is 14.4. The molecule has 1 aliphatic rings. The summed E-state index contributed by atoms with van der Waals surface area (Å²) in [5.74, 6) is -0.217. The van der Waals surface area contributed by atoms with Gasteiger partial charge in [-0.2, -0.15) is 0 Å². The zero-order valence-electron chi connectivity index (χ0n) is 18.7. The average molecular weight is 471 g/mol. The predicted molar refractivity (Wildman–Crippen MR) is 130 cm³/mol. The molecule has 4 rings (SSSR count). The van der Waals surface area contributed by atoms with Gasteiger partial charge in [-0.3, -0.25) is 0 Å². The second-order valence-corrected chi connectivity index (χ2v) is 9.12. The fourth-order valence-electron chi connectivity index (χ4n) is 4.26. The Balaban J connectivity index is 1.34. The molecular formula is C28H29ClF2O2. The van der Waals surface area contributed by atoms with E-state index in [2.05, 4.69) is 6.58 Å². The highest BCUT2D eigenvalue weighted by molar-refractivity contribution is 6.30. The summed E-state index contributed by atoms with van der Waals surface area (Å²) in [6.45, 7) is 5.22. The Morgan fingerprint density at radius 3 is 2.42 bits per heavy atom. The third-order valence-electron chi connectivity index (χ3n) is 6.25. The maximum Gasteiger partial charge on any atom is 0.157 e. The molecule has 0 saturated carbocycles. The van der Waals surface area contributed by atoms with Crippen molar-refractivity contribution in [3.05, 3.63) is 94.5 Å². The van der Waals surface area contributed by atoms with Gasteiger partial charge in [0.1, 0.15) is 11.6 Å². The molecule has 1 fully saturated rings. The summed E-state index contributed by atoms with van der Waals surface area (Å²) >= 11 is 5.74. The van der Waals surface area contributed by atoms with E-state index in [1.165, 1.54) is 12.1 Å². The molecule has 0 radical (unpaired) electrons. The number of hydrogen-bond acceptors (Lipinski definition) is 2. The Labute approximate surface area is 199 Å². The maximum atomic E-state index is 15.1. The van der Waals surface area contributed by atoms with Gasteiger partial charge in [0.05, 0.1) is 18.2 Å². The van der Waals surface area contributed by atoms with Gasteiger partial charge in [0, 0.05) is 17.7 Å². The van der Waals surface area contributed by atoms with Crippen LogP contribution in [0.4, 0.5) is 8.78 Å². The molecule has 3 aromatic rings. The van der Waals surface area contributed by atoms with Crippen molar-refractivity contribution in [2.75, 3.05) is 13.2 Å². The highest BCUT2D eigenvalue weighted by Crippen LogP contribution is 2.26. The summed E-state index contributed by atoms with van der Waals surface area (Å²) in [6.07, 6.45) is 6.40. The van der Waals surface area contributed by atoms with E-state index in [-0.39, 0.29) is 17.1 Å². The third-order valence-corrected chi connectivity index (χ3v) is 6.56. The Hall–Kier alpha value is -2.27. The molecule has 0 aromatic heterocycles. The fraction of sp³-hybridized carbons (Fsp3) is 0.357. The molecule has 0 aliphatic carbocycles. The molecule has 174 valence electrons. The van der Waals surface area contributed by atoms with Crippen LogP contribution in [0, 0.1) is 17.6 Å².